The van der Waals surface area contributed by atoms with Gasteiger partial charge in [0.15, 0.2) is 0 Å². The van der Waals surface area contributed by atoms with Gasteiger partial charge < -0.3 is 15.4 Å². The van der Waals surface area contributed by atoms with Gasteiger partial charge in [-0.3, -0.25) is 0 Å². The van der Waals surface area contributed by atoms with E-state index in [9.17, 15) is 0 Å². The summed E-state index contributed by atoms with van der Waals surface area (Å²) < 4.78 is 5.87. The van der Waals surface area contributed by atoms with Crippen LogP contribution in [0.2, 0.25) is 0 Å². The molecule has 0 aromatic rings. The molecule has 2 unspecified atom stereocenters. The largest absolute Gasteiger partial charge is 0.393 e. The number of ether oxygens (including phenoxy) is 1. The Balaban J connectivity index is 1.78. The summed E-state index contributed by atoms with van der Waals surface area (Å²) in [5.41, 5.74) is 5.90. The molecular weight excluding hydrogens is 232 g/mol. The molecule has 2 rings (SSSR count). The molecule has 2 saturated heterocycles. The first-order chi connectivity index (χ1) is 7.99. The summed E-state index contributed by atoms with van der Waals surface area (Å²) in [6.45, 7) is 7.64. The fourth-order valence-electron chi connectivity index (χ4n) is 2.78. The molecule has 17 heavy (non-hydrogen) atoms. The number of piperidine rings is 1. The fraction of sp³-hybridized carbons (Fsp3) is 0.923. The van der Waals surface area contributed by atoms with Gasteiger partial charge in [-0.2, -0.15) is 0 Å². The Morgan fingerprint density at radius 3 is 2.53 bits per heavy atom. The van der Waals surface area contributed by atoms with E-state index in [-0.39, 0.29) is 5.41 Å². The normalized spacial score (nSPS) is 33.8. The Morgan fingerprint density at radius 2 is 2.06 bits per heavy atom. The van der Waals surface area contributed by atoms with Crippen LogP contribution in [0.4, 0.5) is 0 Å². The first-order valence-electron chi connectivity index (χ1n) is 6.67. The highest BCUT2D eigenvalue weighted by Crippen LogP contribution is 2.32. The fourth-order valence-corrected chi connectivity index (χ4v) is 2.99. The molecule has 0 aromatic carbocycles. The van der Waals surface area contributed by atoms with Crippen LogP contribution >= 0.6 is 12.2 Å². The topological polar surface area (TPSA) is 38.5 Å². The highest BCUT2D eigenvalue weighted by atomic mass is 32.1. The van der Waals surface area contributed by atoms with E-state index in [1.54, 1.807) is 0 Å². The van der Waals surface area contributed by atoms with Crippen LogP contribution in [0.3, 0.4) is 0 Å². The molecule has 2 aliphatic heterocycles. The monoisotopic (exact) mass is 256 g/mol. The summed E-state index contributed by atoms with van der Waals surface area (Å²) >= 11 is 5.16. The van der Waals surface area contributed by atoms with Crippen molar-refractivity contribution >= 4 is 17.2 Å². The molecule has 2 aliphatic rings. The van der Waals surface area contributed by atoms with E-state index in [0.717, 1.165) is 32.5 Å². The van der Waals surface area contributed by atoms with Crippen molar-refractivity contribution in [2.75, 3.05) is 19.6 Å². The van der Waals surface area contributed by atoms with Crippen LogP contribution < -0.4 is 5.73 Å². The van der Waals surface area contributed by atoms with Gasteiger partial charge in [0, 0.05) is 12.0 Å². The SMILES string of the molecule is CC1CCC(CN2CCC(C)(C(N)=S)CC2)O1. The number of hydrogen-bond donors (Lipinski definition) is 1. The quantitative estimate of drug-likeness (QED) is 0.783. The number of nitrogens with two attached hydrogens (primary N) is 1. The van der Waals surface area contributed by atoms with Crippen LogP contribution in [0.25, 0.3) is 0 Å². The van der Waals surface area contributed by atoms with E-state index in [1.807, 2.05) is 0 Å². The first kappa shape index (κ1) is 13.2. The van der Waals surface area contributed by atoms with E-state index in [0.29, 0.717) is 17.2 Å². The van der Waals surface area contributed by atoms with Crippen LogP contribution in [0.5, 0.6) is 0 Å². The summed E-state index contributed by atoms with van der Waals surface area (Å²) in [5, 5.41) is 0. The second kappa shape index (κ2) is 5.21. The predicted octanol–water partition coefficient (Wildman–Crippen LogP) is 1.94. The van der Waals surface area contributed by atoms with Gasteiger partial charge in [-0.25, -0.2) is 0 Å². The Hall–Kier alpha value is -0.190. The van der Waals surface area contributed by atoms with Gasteiger partial charge in [-0.1, -0.05) is 19.1 Å². The third-order valence-corrected chi connectivity index (χ3v) is 4.83. The van der Waals surface area contributed by atoms with E-state index in [1.165, 1.54) is 12.8 Å². The van der Waals surface area contributed by atoms with Crippen LogP contribution in [0, 0.1) is 5.41 Å². The molecule has 0 spiro atoms. The van der Waals surface area contributed by atoms with Gasteiger partial charge in [0.25, 0.3) is 0 Å². The molecule has 2 heterocycles. The van der Waals surface area contributed by atoms with Gasteiger partial charge in [-0.15, -0.1) is 0 Å². The van der Waals surface area contributed by atoms with Crippen molar-refractivity contribution in [2.45, 2.75) is 51.7 Å². The summed E-state index contributed by atoms with van der Waals surface area (Å²) in [6.07, 6.45) is 5.49. The van der Waals surface area contributed by atoms with E-state index < -0.39 is 0 Å². The van der Waals surface area contributed by atoms with E-state index in [4.69, 9.17) is 22.7 Å². The maximum absolute atomic E-state index is 5.87. The Morgan fingerprint density at radius 1 is 1.41 bits per heavy atom. The minimum Gasteiger partial charge on any atom is -0.393 e. The van der Waals surface area contributed by atoms with Gasteiger partial charge in [0.1, 0.15) is 0 Å². The second-order valence-corrected chi connectivity index (χ2v) is 6.31. The minimum absolute atomic E-state index is 0.0790. The van der Waals surface area contributed by atoms with Gasteiger partial charge in [0.05, 0.1) is 17.2 Å². The van der Waals surface area contributed by atoms with Crippen molar-refractivity contribution in [2.24, 2.45) is 11.1 Å². The summed E-state index contributed by atoms with van der Waals surface area (Å²) in [7, 11) is 0. The molecule has 0 amide bonds. The van der Waals surface area contributed by atoms with Crippen molar-refractivity contribution in [1.82, 2.24) is 4.90 Å². The van der Waals surface area contributed by atoms with Crippen molar-refractivity contribution in [1.29, 1.82) is 0 Å². The van der Waals surface area contributed by atoms with Gasteiger partial charge in [-0.05, 0) is 45.7 Å². The van der Waals surface area contributed by atoms with Crippen molar-refractivity contribution < 1.29 is 4.74 Å². The summed E-state index contributed by atoms with van der Waals surface area (Å²) in [4.78, 5) is 3.19. The summed E-state index contributed by atoms with van der Waals surface area (Å²) in [5.74, 6) is 0. The number of nitrogens with zero attached hydrogens (tertiary/aromatic N) is 1. The third-order valence-electron chi connectivity index (χ3n) is 4.34. The molecular formula is C13H24N2OS. The number of likely N-dealkylation sites (tertiary alicyclic amines) is 1. The maximum atomic E-state index is 5.87. The maximum Gasteiger partial charge on any atom is 0.0788 e. The number of hydrogen-bond acceptors (Lipinski definition) is 3. The smallest absolute Gasteiger partial charge is 0.0788 e. The number of rotatable bonds is 3. The molecule has 0 aliphatic carbocycles. The zero-order valence-corrected chi connectivity index (χ0v) is 11.8. The number of thiocarbonyl (C=S) groups is 1. The Labute approximate surface area is 110 Å². The average Bonchev–Trinajstić information content (AvgIpc) is 2.67. The van der Waals surface area contributed by atoms with Gasteiger partial charge >= 0.3 is 0 Å². The first-order valence-corrected chi connectivity index (χ1v) is 7.08. The molecule has 2 atom stereocenters. The van der Waals surface area contributed by atoms with Crippen LogP contribution in [-0.4, -0.2) is 41.7 Å². The lowest BCUT2D eigenvalue weighted by molar-refractivity contribution is 0.0217. The zero-order valence-electron chi connectivity index (χ0n) is 10.9. The molecule has 3 nitrogen and oxygen atoms in total. The molecule has 0 saturated carbocycles. The minimum atomic E-state index is 0.0790. The molecule has 0 bridgehead atoms. The average molecular weight is 256 g/mol. The lowest BCUT2D eigenvalue weighted by Crippen LogP contribution is -2.46. The third kappa shape index (κ3) is 3.18. The van der Waals surface area contributed by atoms with Crippen LogP contribution in [0.1, 0.15) is 39.5 Å². The molecule has 4 heteroatoms. The van der Waals surface area contributed by atoms with Crippen molar-refractivity contribution in [3.05, 3.63) is 0 Å². The molecule has 98 valence electrons. The Bertz CT molecular complexity index is 287. The summed E-state index contributed by atoms with van der Waals surface area (Å²) in [6, 6.07) is 0. The van der Waals surface area contributed by atoms with Crippen LogP contribution in [0.15, 0.2) is 0 Å². The second-order valence-electron chi connectivity index (χ2n) is 5.87. The van der Waals surface area contributed by atoms with Crippen molar-refractivity contribution in [3.8, 4) is 0 Å². The highest BCUT2D eigenvalue weighted by molar-refractivity contribution is 7.80. The molecule has 0 aromatic heterocycles. The van der Waals surface area contributed by atoms with Crippen LogP contribution in [-0.2, 0) is 4.74 Å². The standard InChI is InChI=1S/C13H24N2OS/c1-10-3-4-11(16-10)9-15-7-5-13(2,6-8-15)12(14)17/h10-11H,3-9H2,1-2H3,(H2,14,17). The molecule has 0 radical (unpaired) electrons. The molecule has 2 fully saturated rings. The van der Waals surface area contributed by atoms with Gasteiger partial charge in [0.2, 0.25) is 0 Å². The lowest BCUT2D eigenvalue weighted by Gasteiger charge is -2.39. The Kier molecular flexibility index (Phi) is 4.06. The lowest BCUT2D eigenvalue weighted by atomic mass is 9.80. The zero-order chi connectivity index (χ0) is 12.5. The van der Waals surface area contributed by atoms with E-state index >= 15 is 0 Å². The molecule has 2 N–H and O–H groups in total. The van der Waals surface area contributed by atoms with E-state index in [2.05, 4.69) is 18.7 Å². The predicted molar refractivity (Wildman–Crippen MR) is 74.1 cm³/mol. The highest BCUT2D eigenvalue weighted by Gasteiger charge is 2.34. The van der Waals surface area contributed by atoms with Crippen molar-refractivity contribution in [3.63, 3.8) is 0 Å².